The zero-order valence-electron chi connectivity index (χ0n) is 12.7. The first-order valence-corrected chi connectivity index (χ1v) is 7.81. The van der Waals surface area contributed by atoms with Gasteiger partial charge in [-0.1, -0.05) is 17.7 Å². The Labute approximate surface area is 132 Å². The molecule has 5 heteroatoms. The van der Waals surface area contributed by atoms with Gasteiger partial charge in [0.2, 0.25) is 5.91 Å². The first-order valence-electron chi connectivity index (χ1n) is 6.82. The highest BCUT2D eigenvalue weighted by Crippen LogP contribution is 2.24. The third-order valence-electron chi connectivity index (χ3n) is 3.20. The molecule has 0 aliphatic carbocycles. The number of carbonyl (C=O) groups excluding carboxylic acids is 1. The van der Waals surface area contributed by atoms with Gasteiger partial charge in [0.1, 0.15) is 0 Å². The van der Waals surface area contributed by atoms with Crippen molar-refractivity contribution in [2.24, 2.45) is 0 Å². The van der Waals surface area contributed by atoms with E-state index in [2.05, 4.69) is 5.32 Å². The zero-order chi connectivity index (χ0) is 16.3. The number of thioether (sulfide) groups is 1. The molecule has 0 radical (unpaired) electrons. The molecule has 0 unspecified atom stereocenters. The van der Waals surface area contributed by atoms with Crippen molar-refractivity contribution in [3.8, 4) is 0 Å². The molecule has 0 spiro atoms. The van der Waals surface area contributed by atoms with Gasteiger partial charge < -0.3 is 5.32 Å². The van der Waals surface area contributed by atoms with E-state index in [1.807, 2.05) is 32.9 Å². The van der Waals surface area contributed by atoms with Gasteiger partial charge in [0.05, 0.1) is 5.75 Å². The summed E-state index contributed by atoms with van der Waals surface area (Å²) in [6.07, 6.45) is 0. The summed E-state index contributed by atoms with van der Waals surface area (Å²) in [5, 5.41) is 2.87. The van der Waals surface area contributed by atoms with Crippen molar-refractivity contribution < 1.29 is 13.6 Å². The minimum atomic E-state index is -0.907. The molecular formula is C17H17F2NOS. The largest absolute Gasteiger partial charge is 0.325 e. The van der Waals surface area contributed by atoms with Gasteiger partial charge in [-0.25, -0.2) is 8.78 Å². The summed E-state index contributed by atoms with van der Waals surface area (Å²) in [5.74, 6) is -1.84. The molecule has 1 amide bonds. The first-order chi connectivity index (χ1) is 10.4. The zero-order valence-corrected chi connectivity index (χ0v) is 13.5. The molecule has 0 aliphatic heterocycles. The molecule has 0 heterocycles. The highest BCUT2D eigenvalue weighted by molar-refractivity contribution is 8.00. The summed E-state index contributed by atoms with van der Waals surface area (Å²) in [6, 6.07) is 7.62. The summed E-state index contributed by atoms with van der Waals surface area (Å²) >= 11 is 1.17. The Bertz CT molecular complexity index is 693. The number of hydrogen-bond donors (Lipinski definition) is 1. The second-order valence-corrected chi connectivity index (χ2v) is 6.24. The Kier molecular flexibility index (Phi) is 5.19. The summed E-state index contributed by atoms with van der Waals surface area (Å²) in [5.41, 5.74) is 3.96. The third-order valence-corrected chi connectivity index (χ3v) is 4.20. The SMILES string of the molecule is Cc1cc(C)c(NC(=O)CSc2ccc(F)c(F)c2)c(C)c1. The standard InChI is InChI=1S/C17H17F2NOS/c1-10-6-11(2)17(12(3)7-10)20-16(21)9-22-13-4-5-14(18)15(19)8-13/h4-8H,9H2,1-3H3,(H,20,21). The van der Waals surface area contributed by atoms with Crippen molar-refractivity contribution in [2.75, 3.05) is 11.1 Å². The van der Waals surface area contributed by atoms with E-state index in [9.17, 15) is 13.6 Å². The number of carbonyl (C=O) groups is 1. The maximum absolute atomic E-state index is 13.1. The van der Waals surface area contributed by atoms with Gasteiger partial charge in [-0.05, 0) is 50.1 Å². The average molecular weight is 321 g/mol. The number of amides is 1. The van der Waals surface area contributed by atoms with Gasteiger partial charge in [0.25, 0.3) is 0 Å². The highest BCUT2D eigenvalue weighted by Gasteiger charge is 2.10. The Hall–Kier alpha value is -1.88. The van der Waals surface area contributed by atoms with Crippen molar-refractivity contribution >= 4 is 23.4 Å². The lowest BCUT2D eigenvalue weighted by atomic mass is 10.1. The predicted octanol–water partition coefficient (Wildman–Crippen LogP) is 4.62. The summed E-state index contributed by atoms with van der Waals surface area (Å²) in [7, 11) is 0. The van der Waals surface area contributed by atoms with Crippen LogP contribution in [0.25, 0.3) is 0 Å². The summed E-state index contributed by atoms with van der Waals surface area (Å²) < 4.78 is 25.9. The lowest BCUT2D eigenvalue weighted by Gasteiger charge is -2.12. The molecule has 2 rings (SSSR count). The molecule has 116 valence electrons. The Morgan fingerprint density at radius 1 is 1.05 bits per heavy atom. The van der Waals surface area contributed by atoms with E-state index >= 15 is 0 Å². The van der Waals surface area contributed by atoms with Crippen LogP contribution >= 0.6 is 11.8 Å². The molecule has 2 aromatic rings. The monoisotopic (exact) mass is 321 g/mol. The molecule has 0 bridgehead atoms. The van der Waals surface area contributed by atoms with Crippen LogP contribution in [0, 0.1) is 32.4 Å². The van der Waals surface area contributed by atoms with Gasteiger partial charge >= 0.3 is 0 Å². The number of nitrogens with one attached hydrogen (secondary N) is 1. The van der Waals surface area contributed by atoms with Crippen LogP contribution in [-0.4, -0.2) is 11.7 Å². The van der Waals surface area contributed by atoms with Gasteiger partial charge in [-0.3, -0.25) is 4.79 Å². The van der Waals surface area contributed by atoms with Gasteiger partial charge in [0, 0.05) is 10.6 Å². The van der Waals surface area contributed by atoms with Crippen LogP contribution in [0.15, 0.2) is 35.2 Å². The minimum Gasteiger partial charge on any atom is -0.325 e. The lowest BCUT2D eigenvalue weighted by molar-refractivity contribution is -0.113. The number of aryl methyl sites for hydroxylation is 3. The van der Waals surface area contributed by atoms with E-state index in [1.165, 1.54) is 17.8 Å². The average Bonchev–Trinajstić information content (AvgIpc) is 2.44. The van der Waals surface area contributed by atoms with Crippen LogP contribution in [-0.2, 0) is 4.79 Å². The Morgan fingerprint density at radius 3 is 2.27 bits per heavy atom. The van der Waals surface area contributed by atoms with Crippen molar-refractivity contribution in [1.82, 2.24) is 0 Å². The van der Waals surface area contributed by atoms with Crippen LogP contribution in [0.2, 0.25) is 0 Å². The number of halogens is 2. The molecule has 0 aliphatic rings. The van der Waals surface area contributed by atoms with Crippen LogP contribution in [0.5, 0.6) is 0 Å². The molecular weight excluding hydrogens is 304 g/mol. The molecule has 0 saturated carbocycles. The summed E-state index contributed by atoms with van der Waals surface area (Å²) in [4.78, 5) is 12.5. The van der Waals surface area contributed by atoms with Gasteiger partial charge in [-0.2, -0.15) is 0 Å². The van der Waals surface area contributed by atoms with Gasteiger partial charge in [0.15, 0.2) is 11.6 Å². The van der Waals surface area contributed by atoms with Crippen molar-refractivity contribution in [1.29, 1.82) is 0 Å². The van der Waals surface area contributed by atoms with E-state index in [0.717, 1.165) is 34.5 Å². The van der Waals surface area contributed by atoms with Crippen LogP contribution in [0.3, 0.4) is 0 Å². The molecule has 0 aromatic heterocycles. The molecule has 0 saturated heterocycles. The van der Waals surface area contributed by atoms with Gasteiger partial charge in [-0.15, -0.1) is 11.8 Å². The lowest BCUT2D eigenvalue weighted by Crippen LogP contribution is -2.15. The van der Waals surface area contributed by atoms with E-state index in [-0.39, 0.29) is 11.7 Å². The number of hydrogen-bond acceptors (Lipinski definition) is 2. The number of rotatable bonds is 4. The normalized spacial score (nSPS) is 10.6. The van der Waals surface area contributed by atoms with E-state index in [1.54, 1.807) is 0 Å². The number of benzene rings is 2. The fourth-order valence-corrected chi connectivity index (χ4v) is 2.99. The van der Waals surface area contributed by atoms with Crippen molar-refractivity contribution in [2.45, 2.75) is 25.7 Å². The molecule has 2 aromatic carbocycles. The molecule has 2 nitrogen and oxygen atoms in total. The van der Waals surface area contributed by atoms with E-state index in [0.29, 0.717) is 4.90 Å². The number of anilines is 1. The minimum absolute atomic E-state index is 0.137. The predicted molar refractivity (Wildman–Crippen MR) is 86.4 cm³/mol. The van der Waals surface area contributed by atoms with Crippen molar-refractivity contribution in [3.63, 3.8) is 0 Å². The fourth-order valence-electron chi connectivity index (χ4n) is 2.27. The van der Waals surface area contributed by atoms with Crippen molar-refractivity contribution in [3.05, 3.63) is 58.7 Å². The highest BCUT2D eigenvalue weighted by atomic mass is 32.2. The maximum atomic E-state index is 13.1. The third kappa shape index (κ3) is 4.07. The maximum Gasteiger partial charge on any atom is 0.234 e. The quantitative estimate of drug-likeness (QED) is 0.833. The molecule has 0 fully saturated rings. The Balaban J connectivity index is 2.00. The second-order valence-electron chi connectivity index (χ2n) is 5.19. The van der Waals surface area contributed by atoms with E-state index in [4.69, 9.17) is 0 Å². The first kappa shape index (κ1) is 16.5. The second kappa shape index (κ2) is 6.92. The molecule has 1 N–H and O–H groups in total. The smallest absolute Gasteiger partial charge is 0.234 e. The van der Waals surface area contributed by atoms with E-state index < -0.39 is 11.6 Å². The Morgan fingerprint density at radius 2 is 1.68 bits per heavy atom. The topological polar surface area (TPSA) is 29.1 Å². The fraction of sp³-hybridized carbons (Fsp3) is 0.235. The van der Waals surface area contributed by atoms with Crippen LogP contribution in [0.4, 0.5) is 14.5 Å². The molecule has 0 atom stereocenters. The summed E-state index contributed by atoms with van der Waals surface area (Å²) in [6.45, 7) is 5.89. The van der Waals surface area contributed by atoms with Crippen LogP contribution in [0.1, 0.15) is 16.7 Å². The molecule has 22 heavy (non-hydrogen) atoms. The van der Waals surface area contributed by atoms with Crippen LogP contribution < -0.4 is 5.32 Å².